The Morgan fingerprint density at radius 2 is 2.16 bits per heavy atom. The van der Waals surface area contributed by atoms with Crippen LogP contribution in [0.3, 0.4) is 0 Å². The van der Waals surface area contributed by atoms with Gasteiger partial charge in [0.1, 0.15) is 11.6 Å². The maximum absolute atomic E-state index is 13.1. The van der Waals surface area contributed by atoms with E-state index in [4.69, 9.17) is 22.1 Å². The second-order valence-corrected chi connectivity index (χ2v) is 6.36. The Morgan fingerprint density at radius 3 is 2.88 bits per heavy atom. The highest BCUT2D eigenvalue weighted by Crippen LogP contribution is 2.26. The first-order valence-electron chi connectivity index (χ1n) is 7.20. The van der Waals surface area contributed by atoms with E-state index in [0.29, 0.717) is 16.6 Å². The molecule has 1 heterocycles. The van der Waals surface area contributed by atoms with E-state index in [0.717, 1.165) is 11.3 Å². The Kier molecular flexibility index (Phi) is 5.16. The molecule has 3 rings (SSSR count). The van der Waals surface area contributed by atoms with Crippen molar-refractivity contribution in [2.45, 2.75) is 0 Å². The molecule has 0 radical (unpaired) electrons. The number of nitrogens with two attached hydrogens (primary N) is 1. The molecule has 0 saturated carbocycles. The van der Waals surface area contributed by atoms with E-state index < -0.39 is 5.82 Å². The second kappa shape index (κ2) is 7.50. The van der Waals surface area contributed by atoms with Crippen molar-refractivity contribution in [1.82, 2.24) is 4.98 Å². The first-order chi connectivity index (χ1) is 12.0. The molecule has 1 amide bonds. The average Bonchev–Trinajstić information content (AvgIpc) is 3.03. The van der Waals surface area contributed by atoms with E-state index in [1.165, 1.54) is 29.5 Å². The fraction of sp³-hybridized carbons (Fsp3) is 0.0588. The van der Waals surface area contributed by atoms with Crippen molar-refractivity contribution >= 4 is 39.7 Å². The smallest absolute Gasteiger partial charge is 0.262 e. The zero-order valence-electron chi connectivity index (χ0n) is 12.8. The molecule has 8 heteroatoms. The van der Waals surface area contributed by atoms with E-state index in [2.05, 4.69) is 10.3 Å². The summed E-state index contributed by atoms with van der Waals surface area (Å²) in [5.74, 6) is -0.405. The number of carbonyl (C=O) groups is 1. The molecule has 128 valence electrons. The minimum Gasteiger partial charge on any atom is -0.484 e. The fourth-order valence-electron chi connectivity index (χ4n) is 2.09. The first kappa shape index (κ1) is 17.2. The zero-order valence-corrected chi connectivity index (χ0v) is 14.4. The van der Waals surface area contributed by atoms with Crippen LogP contribution in [-0.2, 0) is 4.79 Å². The second-order valence-electron chi connectivity index (χ2n) is 5.06. The van der Waals surface area contributed by atoms with Crippen molar-refractivity contribution in [1.29, 1.82) is 0 Å². The molecular formula is C17H13ClFN3O2S. The summed E-state index contributed by atoms with van der Waals surface area (Å²) in [5.41, 5.74) is 7.62. The van der Waals surface area contributed by atoms with Gasteiger partial charge in [-0.15, -0.1) is 11.3 Å². The molecule has 0 spiro atoms. The quantitative estimate of drug-likeness (QED) is 0.698. The van der Waals surface area contributed by atoms with Gasteiger partial charge < -0.3 is 15.8 Å². The number of nitrogens with one attached hydrogen (secondary N) is 1. The molecule has 25 heavy (non-hydrogen) atoms. The molecule has 0 atom stereocenters. The van der Waals surface area contributed by atoms with Crippen molar-refractivity contribution in [2.75, 3.05) is 17.7 Å². The zero-order chi connectivity index (χ0) is 17.8. The number of benzene rings is 2. The van der Waals surface area contributed by atoms with Gasteiger partial charge in [0.25, 0.3) is 5.91 Å². The Labute approximate surface area is 152 Å². The summed E-state index contributed by atoms with van der Waals surface area (Å²) >= 11 is 7.03. The van der Waals surface area contributed by atoms with Gasteiger partial charge in [-0.2, -0.15) is 0 Å². The number of rotatable bonds is 5. The van der Waals surface area contributed by atoms with Gasteiger partial charge in [0, 0.05) is 16.6 Å². The lowest BCUT2D eigenvalue weighted by Gasteiger charge is -2.09. The van der Waals surface area contributed by atoms with Crippen LogP contribution in [0.5, 0.6) is 5.75 Å². The number of thiazole rings is 1. The molecule has 1 aromatic heterocycles. The van der Waals surface area contributed by atoms with Crippen molar-refractivity contribution < 1.29 is 13.9 Å². The molecule has 0 fully saturated rings. The first-order valence-corrected chi connectivity index (χ1v) is 8.46. The van der Waals surface area contributed by atoms with Crippen LogP contribution < -0.4 is 15.8 Å². The van der Waals surface area contributed by atoms with Gasteiger partial charge >= 0.3 is 0 Å². The third kappa shape index (κ3) is 4.46. The van der Waals surface area contributed by atoms with Gasteiger partial charge in [-0.3, -0.25) is 4.79 Å². The van der Waals surface area contributed by atoms with Gasteiger partial charge in [-0.05, 0) is 30.3 Å². The highest BCUT2D eigenvalue weighted by molar-refractivity contribution is 7.13. The standard InChI is InChI=1S/C17H13ClFN3O2S/c18-13-7-11(4-5-14(13)19)21-16(23)8-24-12-3-1-2-10(6-12)15-9-25-17(20)22-15/h1-7,9H,8H2,(H2,20,22)(H,21,23). The van der Waals surface area contributed by atoms with Crippen LogP contribution in [0.2, 0.25) is 5.02 Å². The van der Waals surface area contributed by atoms with Crippen LogP contribution in [0.1, 0.15) is 0 Å². The van der Waals surface area contributed by atoms with Crippen molar-refractivity contribution in [3.63, 3.8) is 0 Å². The van der Waals surface area contributed by atoms with Gasteiger partial charge in [0.15, 0.2) is 11.7 Å². The topological polar surface area (TPSA) is 77.2 Å². The summed E-state index contributed by atoms with van der Waals surface area (Å²) in [4.78, 5) is 16.1. The predicted molar refractivity (Wildman–Crippen MR) is 97.5 cm³/mol. The van der Waals surface area contributed by atoms with Crippen molar-refractivity contribution in [3.8, 4) is 17.0 Å². The molecule has 0 bridgehead atoms. The Hall–Kier alpha value is -2.64. The summed E-state index contributed by atoms with van der Waals surface area (Å²) < 4.78 is 18.6. The molecule has 0 aliphatic rings. The number of anilines is 2. The van der Waals surface area contributed by atoms with Crippen LogP contribution in [0, 0.1) is 5.82 Å². The van der Waals surface area contributed by atoms with Crippen molar-refractivity contribution in [2.24, 2.45) is 0 Å². The molecule has 0 aliphatic carbocycles. The number of halogens is 2. The molecule has 3 aromatic rings. The van der Waals surface area contributed by atoms with Crippen LogP contribution in [0.25, 0.3) is 11.3 Å². The predicted octanol–water partition coefficient (Wildman–Crippen LogP) is 4.20. The summed E-state index contributed by atoms with van der Waals surface area (Å²) in [7, 11) is 0. The lowest BCUT2D eigenvalue weighted by molar-refractivity contribution is -0.118. The Bertz CT molecular complexity index is 916. The van der Waals surface area contributed by atoms with E-state index >= 15 is 0 Å². The summed E-state index contributed by atoms with van der Waals surface area (Å²) in [6.07, 6.45) is 0. The number of amides is 1. The van der Waals surface area contributed by atoms with Gasteiger partial charge in [0.2, 0.25) is 0 Å². The number of nitrogen functional groups attached to an aromatic ring is 1. The number of hydrogen-bond donors (Lipinski definition) is 2. The monoisotopic (exact) mass is 377 g/mol. The minimum absolute atomic E-state index is 0.0612. The number of nitrogens with zero attached hydrogens (tertiary/aromatic N) is 1. The van der Waals surface area contributed by atoms with E-state index in [1.54, 1.807) is 18.2 Å². The maximum Gasteiger partial charge on any atom is 0.262 e. The highest BCUT2D eigenvalue weighted by Gasteiger charge is 2.08. The summed E-state index contributed by atoms with van der Waals surface area (Å²) in [5, 5.41) is 4.86. The van der Waals surface area contributed by atoms with Crippen molar-refractivity contribution in [3.05, 3.63) is 58.7 Å². The van der Waals surface area contributed by atoms with E-state index in [1.807, 2.05) is 11.4 Å². The normalized spacial score (nSPS) is 10.5. The van der Waals surface area contributed by atoms with E-state index in [9.17, 15) is 9.18 Å². The summed E-state index contributed by atoms with van der Waals surface area (Å²) in [6.45, 7) is -0.197. The Morgan fingerprint density at radius 1 is 1.32 bits per heavy atom. The van der Waals surface area contributed by atoms with Gasteiger partial charge in [-0.1, -0.05) is 23.7 Å². The van der Waals surface area contributed by atoms with Gasteiger partial charge in [0.05, 0.1) is 10.7 Å². The number of hydrogen-bond acceptors (Lipinski definition) is 5. The number of ether oxygens (including phenoxy) is 1. The number of carbonyl (C=O) groups excluding carboxylic acids is 1. The lowest BCUT2D eigenvalue weighted by Crippen LogP contribution is -2.20. The largest absolute Gasteiger partial charge is 0.484 e. The van der Waals surface area contributed by atoms with Crippen LogP contribution >= 0.6 is 22.9 Å². The molecule has 2 aromatic carbocycles. The fourth-order valence-corrected chi connectivity index (χ4v) is 2.84. The molecule has 0 saturated heterocycles. The molecule has 5 nitrogen and oxygen atoms in total. The average molecular weight is 378 g/mol. The van der Waals surface area contributed by atoms with Crippen LogP contribution in [-0.4, -0.2) is 17.5 Å². The third-order valence-electron chi connectivity index (χ3n) is 3.23. The molecule has 0 unspecified atom stereocenters. The molecule has 3 N–H and O–H groups in total. The minimum atomic E-state index is -0.546. The van der Waals surface area contributed by atoms with Crippen LogP contribution in [0.15, 0.2) is 47.8 Å². The maximum atomic E-state index is 13.1. The highest BCUT2D eigenvalue weighted by atomic mass is 35.5. The Balaban J connectivity index is 1.61. The van der Waals surface area contributed by atoms with Gasteiger partial charge in [-0.25, -0.2) is 9.37 Å². The molecular weight excluding hydrogens is 365 g/mol. The van der Waals surface area contributed by atoms with E-state index in [-0.39, 0.29) is 17.5 Å². The number of aromatic nitrogens is 1. The van der Waals surface area contributed by atoms with Crippen LogP contribution in [0.4, 0.5) is 15.2 Å². The molecule has 0 aliphatic heterocycles. The SMILES string of the molecule is Nc1nc(-c2cccc(OCC(=O)Nc3ccc(F)c(Cl)c3)c2)cs1. The third-order valence-corrected chi connectivity index (χ3v) is 4.19. The summed E-state index contributed by atoms with van der Waals surface area (Å²) in [6, 6.07) is 11.1. The lowest BCUT2D eigenvalue weighted by atomic mass is 10.2.